The van der Waals surface area contributed by atoms with Gasteiger partial charge in [-0.25, -0.2) is 4.39 Å². The van der Waals surface area contributed by atoms with E-state index in [1.165, 1.54) is 12.1 Å². The molecule has 46 heavy (non-hydrogen) atoms. The third-order valence-corrected chi connectivity index (χ3v) is 9.19. The number of carbonyl (C=O) groups is 1. The molecule has 0 aliphatic carbocycles. The molecule has 2 aliphatic heterocycles. The summed E-state index contributed by atoms with van der Waals surface area (Å²) in [6.45, 7) is 4.79. The first kappa shape index (κ1) is 31.7. The lowest BCUT2D eigenvalue weighted by Crippen LogP contribution is -2.16. The maximum Gasteiger partial charge on any atom is 0.307 e. The van der Waals surface area contributed by atoms with Crippen LogP contribution in [0.1, 0.15) is 60.2 Å². The first-order chi connectivity index (χ1) is 22.4. The largest absolute Gasteiger partial charge is 0.493 e. The number of aryl methyl sites for hydroxylation is 3. The third kappa shape index (κ3) is 7.76. The number of aliphatic carboxylic acids is 1. The van der Waals surface area contributed by atoms with Gasteiger partial charge in [-0.1, -0.05) is 30.3 Å². The summed E-state index contributed by atoms with van der Waals surface area (Å²) in [5, 5.41) is 9.99. The van der Waals surface area contributed by atoms with Gasteiger partial charge in [0.25, 0.3) is 0 Å². The van der Waals surface area contributed by atoms with Gasteiger partial charge in [-0.15, -0.1) is 0 Å². The highest BCUT2D eigenvalue weighted by Crippen LogP contribution is 2.42. The number of fused-ring (bicyclic) bond motifs is 1. The SMILES string of the molecule is Cc1nc(CCCC2CCOCC2)c(-c2ccc(OCCc3ccc(F)cc3)cc2)c(-c2ccc3c(c2)CCCO3)c1CC(=O)O. The molecule has 1 saturated heterocycles. The summed E-state index contributed by atoms with van der Waals surface area (Å²) in [6, 6.07) is 20.8. The van der Waals surface area contributed by atoms with E-state index in [0.717, 1.165) is 120 Å². The lowest BCUT2D eigenvalue weighted by atomic mass is 9.85. The van der Waals surface area contributed by atoms with Crippen LogP contribution >= 0.6 is 0 Å². The van der Waals surface area contributed by atoms with E-state index < -0.39 is 5.97 Å². The van der Waals surface area contributed by atoms with Crippen molar-refractivity contribution >= 4 is 5.97 Å². The molecule has 0 spiro atoms. The van der Waals surface area contributed by atoms with E-state index in [-0.39, 0.29) is 12.2 Å². The molecule has 0 bridgehead atoms. The molecular formula is C39H42FNO5. The zero-order valence-corrected chi connectivity index (χ0v) is 26.5. The normalized spacial score (nSPS) is 14.8. The Morgan fingerprint density at radius 2 is 1.72 bits per heavy atom. The Bertz CT molecular complexity index is 1640. The molecule has 1 aromatic heterocycles. The molecule has 6 nitrogen and oxygen atoms in total. The highest BCUT2D eigenvalue weighted by atomic mass is 19.1. The summed E-state index contributed by atoms with van der Waals surface area (Å²) in [7, 11) is 0. The molecule has 3 aromatic carbocycles. The van der Waals surface area contributed by atoms with Gasteiger partial charge in [-0.3, -0.25) is 9.78 Å². The van der Waals surface area contributed by atoms with E-state index in [2.05, 4.69) is 24.3 Å². The Labute approximate surface area is 270 Å². The number of hydrogen-bond acceptors (Lipinski definition) is 5. The van der Waals surface area contributed by atoms with Crippen molar-refractivity contribution in [3.63, 3.8) is 0 Å². The van der Waals surface area contributed by atoms with Gasteiger partial charge >= 0.3 is 5.97 Å². The van der Waals surface area contributed by atoms with E-state index in [1.54, 1.807) is 12.1 Å². The highest BCUT2D eigenvalue weighted by molar-refractivity contribution is 5.90. The zero-order chi connectivity index (χ0) is 31.9. The second-order valence-corrected chi connectivity index (χ2v) is 12.4. The third-order valence-electron chi connectivity index (χ3n) is 9.19. The van der Waals surface area contributed by atoms with Crippen molar-refractivity contribution in [2.24, 2.45) is 5.92 Å². The molecule has 6 rings (SSSR count). The maximum atomic E-state index is 13.3. The molecule has 0 radical (unpaired) electrons. The van der Waals surface area contributed by atoms with Crippen LogP contribution in [0, 0.1) is 18.7 Å². The average molecular weight is 624 g/mol. The van der Waals surface area contributed by atoms with Crippen LogP contribution in [-0.4, -0.2) is 42.5 Å². The van der Waals surface area contributed by atoms with Crippen LogP contribution in [0.25, 0.3) is 22.3 Å². The second kappa shape index (κ2) is 14.9. The number of halogens is 1. The Morgan fingerprint density at radius 1 is 0.957 bits per heavy atom. The van der Waals surface area contributed by atoms with Crippen LogP contribution in [0.3, 0.4) is 0 Å². The number of benzene rings is 3. The van der Waals surface area contributed by atoms with Crippen LogP contribution in [0.5, 0.6) is 11.5 Å². The molecule has 240 valence electrons. The van der Waals surface area contributed by atoms with Crippen molar-refractivity contribution in [3.8, 4) is 33.8 Å². The van der Waals surface area contributed by atoms with Crippen LogP contribution in [0.4, 0.5) is 4.39 Å². The molecule has 1 N–H and O–H groups in total. The van der Waals surface area contributed by atoms with Gasteiger partial charge in [0.15, 0.2) is 0 Å². The number of hydrogen-bond donors (Lipinski definition) is 1. The van der Waals surface area contributed by atoms with Gasteiger partial charge in [0.05, 0.1) is 19.6 Å². The monoisotopic (exact) mass is 623 g/mol. The fraction of sp³-hybridized carbons (Fsp3) is 0.385. The fourth-order valence-electron chi connectivity index (χ4n) is 6.74. The van der Waals surface area contributed by atoms with Crippen molar-refractivity contribution in [3.05, 3.63) is 101 Å². The lowest BCUT2D eigenvalue weighted by Gasteiger charge is -2.24. The highest BCUT2D eigenvalue weighted by Gasteiger charge is 2.24. The van der Waals surface area contributed by atoms with Gasteiger partial charge < -0.3 is 19.3 Å². The Morgan fingerprint density at radius 3 is 2.48 bits per heavy atom. The standard InChI is InChI=1S/C39H42FNO5/c1-26-34(25-37(42)43)38(31-11-16-36-30(24-31)5-3-20-46-36)39(35(41-26)6-2-4-27-17-21-44-22-18-27)29-9-14-33(15-10-29)45-23-19-28-7-12-32(40)13-8-28/h7-16,24,27H,2-6,17-23,25H2,1H3,(H,42,43). The second-order valence-electron chi connectivity index (χ2n) is 12.4. The molecule has 0 amide bonds. The van der Waals surface area contributed by atoms with Crippen molar-refractivity contribution < 1.29 is 28.5 Å². The molecule has 7 heteroatoms. The number of pyridine rings is 1. The van der Waals surface area contributed by atoms with Crippen LogP contribution in [0.2, 0.25) is 0 Å². The van der Waals surface area contributed by atoms with Gasteiger partial charge in [0.2, 0.25) is 0 Å². The van der Waals surface area contributed by atoms with E-state index in [4.69, 9.17) is 19.2 Å². The van der Waals surface area contributed by atoms with Crippen LogP contribution in [-0.2, 0) is 35.2 Å². The van der Waals surface area contributed by atoms with Crippen LogP contribution < -0.4 is 9.47 Å². The number of ether oxygens (including phenoxy) is 3. The summed E-state index contributed by atoms with van der Waals surface area (Å²) < 4.78 is 30.8. The average Bonchev–Trinajstić information content (AvgIpc) is 3.07. The minimum atomic E-state index is -0.879. The van der Waals surface area contributed by atoms with E-state index in [0.29, 0.717) is 25.6 Å². The number of carboxylic acids is 1. The van der Waals surface area contributed by atoms with E-state index >= 15 is 0 Å². The first-order valence-electron chi connectivity index (χ1n) is 16.5. The number of carboxylic acid groups (broad SMARTS) is 1. The minimum absolute atomic E-state index is 0.109. The molecular weight excluding hydrogens is 581 g/mol. The van der Waals surface area contributed by atoms with Crippen molar-refractivity contribution in [2.75, 3.05) is 26.4 Å². The zero-order valence-electron chi connectivity index (χ0n) is 26.5. The molecule has 0 unspecified atom stereocenters. The molecule has 2 aliphatic rings. The van der Waals surface area contributed by atoms with Crippen molar-refractivity contribution in [1.29, 1.82) is 0 Å². The maximum absolute atomic E-state index is 13.3. The summed E-state index contributed by atoms with van der Waals surface area (Å²) in [5.74, 6) is 1.18. The predicted molar refractivity (Wildman–Crippen MR) is 177 cm³/mol. The fourth-order valence-corrected chi connectivity index (χ4v) is 6.74. The van der Waals surface area contributed by atoms with Gasteiger partial charge in [0.1, 0.15) is 17.3 Å². The minimum Gasteiger partial charge on any atom is -0.493 e. The molecule has 0 atom stereocenters. The predicted octanol–water partition coefficient (Wildman–Crippen LogP) is 8.19. The Balaban J connectivity index is 1.36. The van der Waals surface area contributed by atoms with Crippen molar-refractivity contribution in [1.82, 2.24) is 4.98 Å². The van der Waals surface area contributed by atoms with Gasteiger partial charge in [-0.05, 0) is 128 Å². The summed E-state index contributed by atoms with van der Waals surface area (Å²) in [5.41, 5.74) is 8.56. The molecule has 0 saturated carbocycles. The summed E-state index contributed by atoms with van der Waals surface area (Å²) >= 11 is 0. The smallest absolute Gasteiger partial charge is 0.307 e. The summed E-state index contributed by atoms with van der Waals surface area (Å²) in [6.07, 6.45) is 7.58. The number of nitrogens with zero attached hydrogens (tertiary/aromatic N) is 1. The van der Waals surface area contributed by atoms with Gasteiger partial charge in [0, 0.05) is 36.6 Å². The first-order valence-corrected chi connectivity index (χ1v) is 16.5. The summed E-state index contributed by atoms with van der Waals surface area (Å²) in [4.78, 5) is 17.3. The number of rotatable bonds is 12. The Hall–Kier alpha value is -4.23. The van der Waals surface area contributed by atoms with E-state index in [1.807, 2.05) is 25.1 Å². The molecule has 4 aromatic rings. The van der Waals surface area contributed by atoms with Crippen LogP contribution in [0.15, 0.2) is 66.7 Å². The topological polar surface area (TPSA) is 77.9 Å². The number of aromatic nitrogens is 1. The van der Waals surface area contributed by atoms with Gasteiger partial charge in [-0.2, -0.15) is 0 Å². The molecule has 3 heterocycles. The van der Waals surface area contributed by atoms with E-state index in [9.17, 15) is 14.3 Å². The van der Waals surface area contributed by atoms with Crippen molar-refractivity contribution in [2.45, 2.75) is 64.7 Å². The Kier molecular flexibility index (Phi) is 10.3. The lowest BCUT2D eigenvalue weighted by molar-refractivity contribution is -0.136. The quantitative estimate of drug-likeness (QED) is 0.172. The molecule has 1 fully saturated rings.